The maximum atomic E-state index is 14.2. The molecule has 1 amide bonds. The van der Waals surface area contributed by atoms with E-state index < -0.39 is 11.8 Å². The number of esters is 1. The number of benzene rings is 2. The highest BCUT2D eigenvalue weighted by Crippen LogP contribution is 2.35. The van der Waals surface area contributed by atoms with Gasteiger partial charge in [0.2, 0.25) is 0 Å². The summed E-state index contributed by atoms with van der Waals surface area (Å²) in [5.41, 5.74) is 1.62. The van der Waals surface area contributed by atoms with Crippen molar-refractivity contribution in [3.05, 3.63) is 89.2 Å². The standard InChI is InChI=1S/C31H34F2N2O3/c1-19(2)28-27(29(36)34-17-22-13-14-31(5,33)26(32)15-22)24-12-11-23(38-30(37)20(3)4)16-25(24)35(28)18-21-9-7-6-8-10-21/h6-16,19-20,26H,17-18H2,1-5H3,(H,34,36). The predicted molar refractivity (Wildman–Crippen MR) is 146 cm³/mol. The molecule has 4 rings (SSSR count). The Morgan fingerprint density at radius 2 is 1.82 bits per heavy atom. The number of ether oxygens (including phenoxy) is 1. The Kier molecular flexibility index (Phi) is 7.86. The lowest BCUT2D eigenvalue weighted by atomic mass is 9.93. The van der Waals surface area contributed by atoms with Crippen LogP contribution in [0.1, 0.15) is 62.2 Å². The third kappa shape index (κ3) is 5.72. The first kappa shape index (κ1) is 27.3. The summed E-state index contributed by atoms with van der Waals surface area (Å²) in [6, 6.07) is 15.2. The molecule has 5 nitrogen and oxygen atoms in total. The van der Waals surface area contributed by atoms with Gasteiger partial charge in [0, 0.05) is 30.2 Å². The van der Waals surface area contributed by atoms with Crippen molar-refractivity contribution in [1.29, 1.82) is 0 Å². The molecule has 7 heteroatoms. The number of hydrogen-bond donors (Lipinski definition) is 1. The predicted octanol–water partition coefficient (Wildman–Crippen LogP) is 6.67. The monoisotopic (exact) mass is 520 g/mol. The summed E-state index contributed by atoms with van der Waals surface area (Å²) in [6.07, 6.45) is 2.13. The minimum atomic E-state index is -2.06. The van der Waals surface area contributed by atoms with Crippen LogP contribution < -0.4 is 10.1 Å². The molecule has 1 aromatic heterocycles. The molecule has 1 heterocycles. The number of carbonyl (C=O) groups is 2. The summed E-state index contributed by atoms with van der Waals surface area (Å²) in [5.74, 6) is -0.528. The number of allylic oxidation sites excluding steroid dienone is 2. The summed E-state index contributed by atoms with van der Waals surface area (Å²) in [5, 5.41) is 3.62. The normalized spacial score (nSPS) is 19.2. The van der Waals surface area contributed by atoms with E-state index >= 15 is 0 Å². The molecule has 0 radical (unpaired) electrons. The first-order chi connectivity index (χ1) is 18.0. The van der Waals surface area contributed by atoms with Gasteiger partial charge in [0.05, 0.1) is 17.0 Å². The number of amides is 1. The van der Waals surface area contributed by atoms with E-state index in [1.807, 2.05) is 44.2 Å². The van der Waals surface area contributed by atoms with Crippen molar-refractivity contribution < 1.29 is 23.1 Å². The summed E-state index contributed by atoms with van der Waals surface area (Å²) in [4.78, 5) is 25.9. The molecule has 0 bridgehead atoms. The van der Waals surface area contributed by atoms with E-state index in [4.69, 9.17) is 4.74 Å². The number of nitrogens with zero attached hydrogens (tertiary/aromatic N) is 1. The Morgan fingerprint density at radius 3 is 2.45 bits per heavy atom. The highest BCUT2D eigenvalue weighted by molar-refractivity contribution is 6.09. The first-order valence-corrected chi connectivity index (χ1v) is 12.9. The Bertz CT molecular complexity index is 1400. The fourth-order valence-electron chi connectivity index (χ4n) is 4.58. The molecule has 200 valence electrons. The molecule has 1 aliphatic carbocycles. The van der Waals surface area contributed by atoms with Gasteiger partial charge in [0.15, 0.2) is 11.8 Å². The van der Waals surface area contributed by atoms with E-state index in [9.17, 15) is 18.4 Å². The van der Waals surface area contributed by atoms with Crippen molar-refractivity contribution in [3.8, 4) is 5.75 Å². The molecule has 0 saturated carbocycles. The molecule has 2 aromatic carbocycles. The SMILES string of the molecule is CC(C)C(=O)Oc1ccc2c(C(=O)NCC3=CC(F)C(C)(F)C=C3)c(C(C)C)n(Cc3ccccc3)c2c1. The molecule has 0 fully saturated rings. The van der Waals surface area contributed by atoms with E-state index in [0.29, 0.717) is 23.4 Å². The lowest BCUT2D eigenvalue weighted by molar-refractivity contribution is -0.137. The highest BCUT2D eigenvalue weighted by atomic mass is 19.2. The molecule has 3 aromatic rings. The Morgan fingerprint density at radius 1 is 1.11 bits per heavy atom. The zero-order chi connectivity index (χ0) is 27.6. The quantitative estimate of drug-likeness (QED) is 0.267. The molecule has 0 spiro atoms. The van der Waals surface area contributed by atoms with Crippen LogP contribution >= 0.6 is 0 Å². The fourth-order valence-corrected chi connectivity index (χ4v) is 4.58. The van der Waals surface area contributed by atoms with Gasteiger partial charge >= 0.3 is 5.97 Å². The number of nitrogens with one attached hydrogen (secondary N) is 1. The minimum Gasteiger partial charge on any atom is -0.426 e. The van der Waals surface area contributed by atoms with Gasteiger partial charge in [0.25, 0.3) is 5.91 Å². The van der Waals surface area contributed by atoms with Gasteiger partial charge in [-0.2, -0.15) is 0 Å². The lowest BCUT2D eigenvalue weighted by Crippen LogP contribution is -2.32. The van der Waals surface area contributed by atoms with Gasteiger partial charge in [-0.25, -0.2) is 8.78 Å². The van der Waals surface area contributed by atoms with Crippen molar-refractivity contribution >= 4 is 22.8 Å². The van der Waals surface area contributed by atoms with Crippen LogP contribution in [0.5, 0.6) is 5.75 Å². The molecule has 38 heavy (non-hydrogen) atoms. The van der Waals surface area contributed by atoms with Crippen LogP contribution in [0.3, 0.4) is 0 Å². The Hall–Kier alpha value is -3.74. The van der Waals surface area contributed by atoms with Gasteiger partial charge in [-0.1, -0.05) is 64.1 Å². The van der Waals surface area contributed by atoms with Gasteiger partial charge in [0.1, 0.15) is 5.75 Å². The third-order valence-electron chi connectivity index (χ3n) is 6.70. The van der Waals surface area contributed by atoms with E-state index in [1.165, 1.54) is 25.2 Å². The van der Waals surface area contributed by atoms with E-state index in [0.717, 1.165) is 22.2 Å². The first-order valence-electron chi connectivity index (χ1n) is 12.9. The molecule has 0 saturated heterocycles. The Balaban J connectivity index is 1.76. The molecule has 2 unspecified atom stereocenters. The van der Waals surface area contributed by atoms with E-state index in [1.54, 1.807) is 32.0 Å². The Labute approximate surface area is 222 Å². The van der Waals surface area contributed by atoms with E-state index in [2.05, 4.69) is 9.88 Å². The third-order valence-corrected chi connectivity index (χ3v) is 6.70. The second-order valence-electron chi connectivity index (χ2n) is 10.6. The van der Waals surface area contributed by atoms with Crippen LogP contribution in [0, 0.1) is 5.92 Å². The van der Waals surface area contributed by atoms with Crippen LogP contribution in [0.15, 0.2) is 72.3 Å². The number of rotatable bonds is 8. The number of hydrogen-bond acceptors (Lipinski definition) is 3. The van der Waals surface area contributed by atoms with Crippen LogP contribution in [-0.4, -0.2) is 34.8 Å². The van der Waals surface area contributed by atoms with Crippen molar-refractivity contribution in [1.82, 2.24) is 9.88 Å². The maximum Gasteiger partial charge on any atom is 0.313 e. The molecule has 2 atom stereocenters. The topological polar surface area (TPSA) is 60.3 Å². The highest BCUT2D eigenvalue weighted by Gasteiger charge is 2.33. The van der Waals surface area contributed by atoms with Crippen LogP contribution in [0.25, 0.3) is 10.9 Å². The summed E-state index contributed by atoms with van der Waals surface area (Å²) in [6.45, 7) is 9.36. The summed E-state index contributed by atoms with van der Waals surface area (Å²) in [7, 11) is 0. The minimum absolute atomic E-state index is 0.00946. The number of alkyl halides is 2. The molecule has 1 aliphatic rings. The van der Waals surface area contributed by atoms with E-state index in [-0.39, 0.29) is 30.3 Å². The molecule has 0 aliphatic heterocycles. The fraction of sp³-hybridized carbons (Fsp3) is 0.355. The average molecular weight is 521 g/mol. The molecular weight excluding hydrogens is 486 g/mol. The summed E-state index contributed by atoms with van der Waals surface area (Å²) >= 11 is 0. The number of fused-ring (bicyclic) bond motifs is 1. The number of carbonyl (C=O) groups excluding carboxylic acids is 2. The van der Waals surface area contributed by atoms with Crippen LogP contribution in [0.2, 0.25) is 0 Å². The number of halogens is 2. The van der Waals surface area contributed by atoms with Crippen molar-refractivity contribution in [2.24, 2.45) is 5.92 Å². The van der Waals surface area contributed by atoms with Gasteiger partial charge in [-0.15, -0.1) is 0 Å². The van der Waals surface area contributed by atoms with Crippen molar-refractivity contribution in [3.63, 3.8) is 0 Å². The summed E-state index contributed by atoms with van der Waals surface area (Å²) < 4.78 is 36.0. The van der Waals surface area contributed by atoms with Gasteiger partial charge in [-0.05, 0) is 48.3 Å². The molecule has 1 N–H and O–H groups in total. The smallest absolute Gasteiger partial charge is 0.313 e. The lowest BCUT2D eigenvalue weighted by Gasteiger charge is -2.23. The maximum absolute atomic E-state index is 14.2. The van der Waals surface area contributed by atoms with Crippen LogP contribution in [0.4, 0.5) is 8.78 Å². The van der Waals surface area contributed by atoms with Crippen molar-refractivity contribution in [2.45, 2.75) is 58.9 Å². The number of aromatic nitrogens is 1. The average Bonchev–Trinajstić information content (AvgIpc) is 3.19. The second-order valence-corrected chi connectivity index (χ2v) is 10.6. The van der Waals surface area contributed by atoms with Crippen molar-refractivity contribution in [2.75, 3.05) is 6.54 Å². The largest absolute Gasteiger partial charge is 0.426 e. The molecular formula is C31H34F2N2O3. The second kappa shape index (κ2) is 10.9. The zero-order valence-corrected chi connectivity index (χ0v) is 22.4. The van der Waals surface area contributed by atoms with Gasteiger partial charge in [-0.3, -0.25) is 9.59 Å². The van der Waals surface area contributed by atoms with Gasteiger partial charge < -0.3 is 14.6 Å². The zero-order valence-electron chi connectivity index (χ0n) is 22.4. The van der Waals surface area contributed by atoms with Crippen LogP contribution in [-0.2, 0) is 11.3 Å².